The Hall–Kier alpha value is -5.19. The van der Waals surface area contributed by atoms with Crippen LogP contribution in [0.1, 0.15) is 11.1 Å². The Morgan fingerprint density at radius 2 is 1.89 bits per heavy atom. The zero-order chi connectivity index (χ0) is 25.6. The Labute approximate surface area is 211 Å². The van der Waals surface area contributed by atoms with Crippen molar-refractivity contribution in [1.29, 1.82) is 0 Å². The Bertz CT molecular complexity index is 1560. The number of carbonyl (C=O) groups excluding carboxylic acids is 1. The second-order valence-electron chi connectivity index (χ2n) is 7.95. The molecule has 5 aromatic rings. The van der Waals surface area contributed by atoms with E-state index in [0.717, 1.165) is 11.1 Å². The molecule has 0 fully saturated rings. The van der Waals surface area contributed by atoms with Crippen molar-refractivity contribution < 1.29 is 18.9 Å². The predicted molar refractivity (Wildman–Crippen MR) is 137 cm³/mol. The zero-order valence-electron chi connectivity index (χ0n) is 19.9. The molecule has 1 amide bonds. The van der Waals surface area contributed by atoms with E-state index in [1.165, 1.54) is 6.21 Å². The second-order valence-corrected chi connectivity index (χ2v) is 7.95. The lowest BCUT2D eigenvalue weighted by molar-refractivity contribution is -0.121. The van der Waals surface area contributed by atoms with Crippen LogP contribution in [0.2, 0.25) is 0 Å². The zero-order valence-corrected chi connectivity index (χ0v) is 19.9. The molecule has 0 bridgehead atoms. The van der Waals surface area contributed by atoms with Crippen molar-refractivity contribution in [2.45, 2.75) is 13.2 Å². The van der Waals surface area contributed by atoms with Gasteiger partial charge >= 0.3 is 0 Å². The molecule has 3 N–H and O–H groups in total. The Morgan fingerprint density at radius 3 is 2.68 bits per heavy atom. The van der Waals surface area contributed by atoms with Crippen LogP contribution < -0.4 is 20.6 Å². The number of imidazole rings is 1. The molecule has 0 radical (unpaired) electrons. The van der Waals surface area contributed by atoms with Crippen molar-refractivity contribution in [2.24, 2.45) is 5.10 Å². The number of rotatable bonds is 9. The molecule has 3 aromatic carbocycles. The molecule has 2 aromatic heterocycles. The van der Waals surface area contributed by atoms with Gasteiger partial charge in [0.15, 0.2) is 28.8 Å². The van der Waals surface area contributed by atoms with Crippen molar-refractivity contribution in [1.82, 2.24) is 25.3 Å². The molecule has 0 aliphatic heterocycles. The minimum absolute atomic E-state index is 0.0797. The summed E-state index contributed by atoms with van der Waals surface area (Å²) in [6, 6.07) is 22.6. The normalized spacial score (nSPS) is 11.2. The number of fused-ring (bicyclic) bond motifs is 1. The molecular weight excluding hydrogens is 474 g/mol. The fraction of sp³-hybridized carbons (Fsp3) is 0.115. The number of para-hydroxylation sites is 3. The molecule has 0 spiro atoms. The predicted octanol–water partition coefficient (Wildman–Crippen LogP) is 3.41. The molecule has 11 heteroatoms. The number of aromatic nitrogens is 4. The highest BCUT2D eigenvalue weighted by Gasteiger charge is 2.20. The molecule has 5 rings (SSSR count). The van der Waals surface area contributed by atoms with Gasteiger partial charge in [0.25, 0.3) is 5.91 Å². The standard InChI is InChI=1S/C26H23N7O4/c1-35-21-13-7-10-18(24(21)36-16-17-8-3-2-4-9-17)14-28-30-22(34)15-33-20-12-6-5-11-19(20)29-26(33)23-25(27)32-37-31-23/h2-14H,15-16H2,1H3,(H2,27,32)(H,30,34)/b28-14+. The number of nitrogens with one attached hydrogen (secondary N) is 1. The number of hydrogen-bond donors (Lipinski definition) is 2. The summed E-state index contributed by atoms with van der Waals surface area (Å²) in [6.45, 7) is 0.264. The highest BCUT2D eigenvalue weighted by molar-refractivity contribution is 5.88. The van der Waals surface area contributed by atoms with Gasteiger partial charge in [-0.15, -0.1) is 0 Å². The first kappa shape index (κ1) is 23.5. The first-order valence-electron chi connectivity index (χ1n) is 11.3. The number of amides is 1. The van der Waals surface area contributed by atoms with E-state index in [2.05, 4.69) is 25.8 Å². The van der Waals surface area contributed by atoms with Gasteiger partial charge in [-0.1, -0.05) is 48.5 Å². The number of ether oxygens (including phenoxy) is 2. The van der Waals surface area contributed by atoms with E-state index < -0.39 is 0 Å². The van der Waals surface area contributed by atoms with Gasteiger partial charge in [-0.3, -0.25) is 4.79 Å². The van der Waals surface area contributed by atoms with Gasteiger partial charge in [-0.05, 0) is 40.1 Å². The van der Waals surface area contributed by atoms with E-state index in [1.807, 2.05) is 66.7 Å². The summed E-state index contributed by atoms with van der Waals surface area (Å²) in [5.74, 6) is 1.13. The van der Waals surface area contributed by atoms with E-state index in [1.54, 1.807) is 17.7 Å². The summed E-state index contributed by atoms with van der Waals surface area (Å²) in [5, 5.41) is 11.6. The lowest BCUT2D eigenvalue weighted by Gasteiger charge is -2.13. The van der Waals surface area contributed by atoms with Gasteiger partial charge in [-0.2, -0.15) is 5.10 Å². The number of nitrogens with zero attached hydrogens (tertiary/aromatic N) is 5. The molecule has 2 heterocycles. The van der Waals surface area contributed by atoms with E-state index in [4.69, 9.17) is 19.8 Å². The first-order chi connectivity index (χ1) is 18.1. The third-order valence-electron chi connectivity index (χ3n) is 5.53. The maximum Gasteiger partial charge on any atom is 0.260 e. The summed E-state index contributed by atoms with van der Waals surface area (Å²) >= 11 is 0. The van der Waals surface area contributed by atoms with Crippen LogP contribution in [0.25, 0.3) is 22.6 Å². The van der Waals surface area contributed by atoms with E-state index in [0.29, 0.717) is 35.0 Å². The molecule has 0 saturated heterocycles. The van der Waals surface area contributed by atoms with Crippen molar-refractivity contribution >= 4 is 29.0 Å². The minimum atomic E-state index is -0.384. The first-order valence-corrected chi connectivity index (χ1v) is 11.3. The summed E-state index contributed by atoms with van der Waals surface area (Å²) < 4.78 is 17.9. The third kappa shape index (κ3) is 5.10. The van der Waals surface area contributed by atoms with Crippen LogP contribution >= 0.6 is 0 Å². The SMILES string of the molecule is COc1cccc(/C=N/NC(=O)Cn2c(-c3nonc3N)nc3ccccc32)c1OCc1ccccc1. The fourth-order valence-corrected chi connectivity index (χ4v) is 3.80. The summed E-state index contributed by atoms with van der Waals surface area (Å²) in [6.07, 6.45) is 1.51. The van der Waals surface area contributed by atoms with E-state index >= 15 is 0 Å². The van der Waals surface area contributed by atoms with Crippen LogP contribution in [0.4, 0.5) is 5.82 Å². The minimum Gasteiger partial charge on any atom is -0.493 e. The lowest BCUT2D eigenvalue weighted by atomic mass is 10.2. The molecule has 0 aliphatic carbocycles. The summed E-state index contributed by atoms with van der Waals surface area (Å²) in [4.78, 5) is 17.4. The molecular formula is C26H23N7O4. The van der Waals surface area contributed by atoms with Crippen molar-refractivity contribution in [3.63, 3.8) is 0 Å². The van der Waals surface area contributed by atoms with Crippen LogP contribution in [0.3, 0.4) is 0 Å². The van der Waals surface area contributed by atoms with Gasteiger partial charge in [0.1, 0.15) is 13.2 Å². The number of nitrogens with two attached hydrogens (primary N) is 1. The maximum absolute atomic E-state index is 12.8. The topological polar surface area (TPSA) is 143 Å². The van der Waals surface area contributed by atoms with Gasteiger partial charge in [0, 0.05) is 5.56 Å². The van der Waals surface area contributed by atoms with Gasteiger partial charge in [-0.25, -0.2) is 15.0 Å². The Morgan fingerprint density at radius 1 is 1.08 bits per heavy atom. The quantitative estimate of drug-likeness (QED) is 0.233. The number of anilines is 1. The highest BCUT2D eigenvalue weighted by atomic mass is 16.6. The second kappa shape index (κ2) is 10.6. The van der Waals surface area contributed by atoms with Crippen LogP contribution in [-0.2, 0) is 17.9 Å². The Balaban J connectivity index is 1.34. The van der Waals surface area contributed by atoms with Crippen molar-refractivity contribution in [3.05, 3.63) is 83.9 Å². The monoisotopic (exact) mass is 497 g/mol. The highest BCUT2D eigenvalue weighted by Crippen LogP contribution is 2.31. The van der Waals surface area contributed by atoms with Crippen LogP contribution in [0.15, 0.2) is 82.5 Å². The average molecular weight is 498 g/mol. The molecule has 186 valence electrons. The summed E-state index contributed by atoms with van der Waals surface area (Å²) in [5.41, 5.74) is 11.7. The average Bonchev–Trinajstić information content (AvgIpc) is 3.51. The number of carbonyl (C=O) groups is 1. The van der Waals surface area contributed by atoms with Gasteiger partial charge < -0.3 is 19.8 Å². The number of benzene rings is 3. The molecule has 37 heavy (non-hydrogen) atoms. The number of nitrogen functional groups attached to an aromatic ring is 1. The van der Waals surface area contributed by atoms with E-state index in [9.17, 15) is 4.79 Å². The molecule has 11 nitrogen and oxygen atoms in total. The van der Waals surface area contributed by atoms with Crippen molar-refractivity contribution in [2.75, 3.05) is 12.8 Å². The van der Waals surface area contributed by atoms with Crippen molar-refractivity contribution in [3.8, 4) is 23.0 Å². The van der Waals surface area contributed by atoms with Crippen LogP contribution in [0, 0.1) is 0 Å². The molecule has 0 atom stereocenters. The van der Waals surface area contributed by atoms with Crippen LogP contribution in [0.5, 0.6) is 11.5 Å². The number of hydrazone groups is 1. The van der Waals surface area contributed by atoms with E-state index in [-0.39, 0.29) is 24.0 Å². The number of methoxy groups -OCH3 is 1. The molecule has 0 unspecified atom stereocenters. The fourth-order valence-electron chi connectivity index (χ4n) is 3.80. The van der Waals surface area contributed by atoms with Gasteiger partial charge in [0.2, 0.25) is 0 Å². The number of hydrogen-bond acceptors (Lipinski definition) is 9. The lowest BCUT2D eigenvalue weighted by Crippen LogP contribution is -2.23. The Kier molecular flexibility index (Phi) is 6.75. The molecule has 0 saturated carbocycles. The largest absolute Gasteiger partial charge is 0.493 e. The molecule has 0 aliphatic rings. The third-order valence-corrected chi connectivity index (χ3v) is 5.53. The maximum atomic E-state index is 12.8. The summed E-state index contributed by atoms with van der Waals surface area (Å²) in [7, 11) is 1.57. The smallest absolute Gasteiger partial charge is 0.260 e. The van der Waals surface area contributed by atoms with Gasteiger partial charge in [0.05, 0.1) is 24.4 Å². The van der Waals surface area contributed by atoms with Crippen LogP contribution in [-0.4, -0.2) is 39.1 Å².